The van der Waals surface area contributed by atoms with Gasteiger partial charge in [0.1, 0.15) is 0 Å². The van der Waals surface area contributed by atoms with E-state index in [9.17, 15) is 10.2 Å². The van der Waals surface area contributed by atoms with Gasteiger partial charge >= 0.3 is 0 Å². The highest BCUT2D eigenvalue weighted by molar-refractivity contribution is 5.80. The van der Waals surface area contributed by atoms with Crippen LogP contribution in [0.4, 0.5) is 0 Å². The van der Waals surface area contributed by atoms with Crippen LogP contribution < -0.4 is 0 Å². The zero-order valence-corrected chi connectivity index (χ0v) is 11.4. The van der Waals surface area contributed by atoms with E-state index < -0.39 is 5.79 Å². The molecule has 0 bridgehead atoms. The molecule has 0 aliphatic heterocycles. The summed E-state index contributed by atoms with van der Waals surface area (Å²) in [5.74, 6) is -1.69. The summed E-state index contributed by atoms with van der Waals surface area (Å²) < 4.78 is 0. The van der Waals surface area contributed by atoms with Gasteiger partial charge in [-0.1, -0.05) is 35.4 Å². The second-order valence-electron chi connectivity index (χ2n) is 5.33. The molecule has 0 spiro atoms. The van der Waals surface area contributed by atoms with Crippen LogP contribution in [0.15, 0.2) is 35.4 Å². The van der Waals surface area contributed by atoms with Crippen LogP contribution in [0.25, 0.3) is 5.57 Å². The average Bonchev–Trinajstić information content (AvgIpc) is 2.27. The summed E-state index contributed by atoms with van der Waals surface area (Å²) in [5, 5.41) is 19.7. The maximum Gasteiger partial charge on any atom is 0.189 e. The maximum absolute atomic E-state index is 9.86. The Balaban J connectivity index is 2.55. The SMILES string of the molecule is CC1=CC(c2cc(C)ccc2C)=C(C)CC1(O)O. The molecule has 0 radical (unpaired) electrons. The number of aliphatic hydroxyl groups is 2. The van der Waals surface area contributed by atoms with Gasteiger partial charge in [0.05, 0.1) is 0 Å². The number of hydrogen-bond donors (Lipinski definition) is 2. The van der Waals surface area contributed by atoms with Crippen molar-refractivity contribution in [2.24, 2.45) is 0 Å². The summed E-state index contributed by atoms with van der Waals surface area (Å²) in [6.45, 7) is 7.87. The largest absolute Gasteiger partial charge is 0.362 e. The lowest BCUT2D eigenvalue weighted by atomic mass is 9.84. The lowest BCUT2D eigenvalue weighted by molar-refractivity contribution is -0.126. The van der Waals surface area contributed by atoms with Crippen LogP contribution in [0, 0.1) is 13.8 Å². The number of rotatable bonds is 1. The lowest BCUT2D eigenvalue weighted by Crippen LogP contribution is -2.32. The molecule has 0 saturated heterocycles. The smallest absolute Gasteiger partial charge is 0.189 e. The Morgan fingerprint density at radius 2 is 1.72 bits per heavy atom. The summed E-state index contributed by atoms with van der Waals surface area (Å²) in [6.07, 6.45) is 2.17. The van der Waals surface area contributed by atoms with Crippen LogP contribution in [0.2, 0.25) is 0 Å². The van der Waals surface area contributed by atoms with Crippen LogP contribution in [0.1, 0.15) is 37.0 Å². The summed E-state index contributed by atoms with van der Waals surface area (Å²) in [6, 6.07) is 6.35. The molecular weight excluding hydrogens is 224 g/mol. The van der Waals surface area contributed by atoms with Gasteiger partial charge in [0.15, 0.2) is 5.79 Å². The van der Waals surface area contributed by atoms with Gasteiger partial charge in [-0.2, -0.15) is 0 Å². The van der Waals surface area contributed by atoms with Crippen molar-refractivity contribution in [3.8, 4) is 0 Å². The van der Waals surface area contributed by atoms with Crippen LogP contribution in [-0.2, 0) is 0 Å². The number of benzene rings is 1. The Labute approximate surface area is 108 Å². The Morgan fingerprint density at radius 3 is 2.39 bits per heavy atom. The van der Waals surface area contributed by atoms with Gasteiger partial charge in [-0.15, -0.1) is 0 Å². The molecule has 2 nitrogen and oxygen atoms in total. The zero-order valence-electron chi connectivity index (χ0n) is 11.4. The fourth-order valence-corrected chi connectivity index (χ4v) is 2.39. The molecule has 1 aromatic rings. The first-order chi connectivity index (χ1) is 8.31. The highest BCUT2D eigenvalue weighted by atomic mass is 16.5. The minimum Gasteiger partial charge on any atom is -0.362 e. The van der Waals surface area contributed by atoms with E-state index in [4.69, 9.17) is 0 Å². The van der Waals surface area contributed by atoms with E-state index in [-0.39, 0.29) is 6.42 Å². The molecule has 0 amide bonds. The standard InChI is InChI=1S/C16H20O2/c1-10-5-6-11(2)14(7-10)15-8-13(4)16(17,18)9-12(15)3/h5-8,17-18H,9H2,1-4H3. The van der Waals surface area contributed by atoms with E-state index in [0.717, 1.165) is 11.1 Å². The Morgan fingerprint density at radius 1 is 1.06 bits per heavy atom. The van der Waals surface area contributed by atoms with Crippen LogP contribution in [-0.4, -0.2) is 16.0 Å². The quantitative estimate of drug-likeness (QED) is 0.745. The van der Waals surface area contributed by atoms with Gasteiger partial charge in [0.2, 0.25) is 0 Å². The zero-order chi connectivity index (χ0) is 13.5. The lowest BCUT2D eigenvalue weighted by Gasteiger charge is -2.29. The third-order valence-electron chi connectivity index (χ3n) is 3.65. The molecule has 0 heterocycles. The molecule has 0 fully saturated rings. The molecule has 2 N–H and O–H groups in total. The first-order valence-corrected chi connectivity index (χ1v) is 6.22. The summed E-state index contributed by atoms with van der Waals surface area (Å²) in [5.41, 5.74) is 6.34. The molecule has 18 heavy (non-hydrogen) atoms. The second-order valence-corrected chi connectivity index (χ2v) is 5.33. The van der Waals surface area contributed by atoms with Crippen molar-refractivity contribution in [3.63, 3.8) is 0 Å². The highest BCUT2D eigenvalue weighted by Crippen LogP contribution is 2.36. The van der Waals surface area contributed by atoms with Crippen LogP contribution in [0.5, 0.6) is 0 Å². The molecule has 1 aliphatic carbocycles. The Kier molecular flexibility index (Phi) is 3.18. The normalized spacial score (nSPS) is 18.9. The summed E-state index contributed by atoms with van der Waals surface area (Å²) >= 11 is 0. The van der Waals surface area contributed by atoms with Crippen molar-refractivity contribution < 1.29 is 10.2 Å². The average molecular weight is 244 g/mol. The molecule has 0 aromatic heterocycles. The van der Waals surface area contributed by atoms with Crippen molar-refractivity contribution in [1.82, 2.24) is 0 Å². The Bertz CT molecular complexity index is 548. The molecular formula is C16H20O2. The summed E-state index contributed by atoms with van der Waals surface area (Å²) in [4.78, 5) is 0. The number of aryl methyl sites for hydroxylation is 2. The van der Waals surface area contributed by atoms with Gasteiger partial charge in [0, 0.05) is 6.42 Å². The fraction of sp³-hybridized carbons (Fsp3) is 0.375. The van der Waals surface area contributed by atoms with Crippen molar-refractivity contribution in [2.75, 3.05) is 0 Å². The van der Waals surface area contributed by atoms with Crippen molar-refractivity contribution in [1.29, 1.82) is 0 Å². The van der Waals surface area contributed by atoms with Crippen molar-refractivity contribution in [3.05, 3.63) is 52.1 Å². The van der Waals surface area contributed by atoms with Gasteiger partial charge in [0.25, 0.3) is 0 Å². The predicted octanol–water partition coefficient (Wildman–Crippen LogP) is 3.11. The summed E-state index contributed by atoms with van der Waals surface area (Å²) in [7, 11) is 0. The molecule has 2 heteroatoms. The van der Waals surface area contributed by atoms with Gasteiger partial charge in [-0.25, -0.2) is 0 Å². The highest BCUT2D eigenvalue weighted by Gasteiger charge is 2.30. The van der Waals surface area contributed by atoms with E-state index >= 15 is 0 Å². The first kappa shape index (κ1) is 13.1. The second kappa shape index (κ2) is 4.38. The number of hydrogen-bond acceptors (Lipinski definition) is 2. The fourth-order valence-electron chi connectivity index (χ4n) is 2.39. The molecule has 96 valence electrons. The maximum atomic E-state index is 9.86. The van der Waals surface area contributed by atoms with Crippen LogP contribution in [0.3, 0.4) is 0 Å². The van der Waals surface area contributed by atoms with Crippen molar-refractivity contribution >= 4 is 5.57 Å². The molecule has 0 unspecified atom stereocenters. The molecule has 0 atom stereocenters. The molecule has 1 aromatic carbocycles. The minimum atomic E-state index is -1.69. The van der Waals surface area contributed by atoms with E-state index in [2.05, 4.69) is 32.0 Å². The molecule has 0 saturated carbocycles. The van der Waals surface area contributed by atoms with Gasteiger partial charge in [-0.3, -0.25) is 0 Å². The van der Waals surface area contributed by atoms with E-state index in [1.54, 1.807) is 6.92 Å². The molecule has 1 aliphatic rings. The van der Waals surface area contributed by atoms with Crippen LogP contribution >= 0.6 is 0 Å². The van der Waals surface area contributed by atoms with E-state index in [0.29, 0.717) is 5.57 Å². The van der Waals surface area contributed by atoms with E-state index in [1.165, 1.54) is 16.7 Å². The van der Waals surface area contributed by atoms with Gasteiger partial charge < -0.3 is 10.2 Å². The topological polar surface area (TPSA) is 40.5 Å². The van der Waals surface area contributed by atoms with Gasteiger partial charge in [-0.05, 0) is 50.0 Å². The third-order valence-corrected chi connectivity index (χ3v) is 3.65. The predicted molar refractivity (Wildman–Crippen MR) is 74.1 cm³/mol. The van der Waals surface area contributed by atoms with E-state index in [1.807, 2.05) is 13.0 Å². The monoisotopic (exact) mass is 244 g/mol. The molecule has 2 rings (SSSR count). The number of allylic oxidation sites excluding steroid dienone is 2. The third kappa shape index (κ3) is 2.26. The Hall–Kier alpha value is -1.38. The minimum absolute atomic E-state index is 0.276. The first-order valence-electron chi connectivity index (χ1n) is 6.22. The van der Waals surface area contributed by atoms with Crippen molar-refractivity contribution in [2.45, 2.75) is 39.9 Å².